The van der Waals surface area contributed by atoms with Crippen molar-refractivity contribution >= 4 is 62.2 Å². The van der Waals surface area contributed by atoms with E-state index in [1.54, 1.807) is 6.07 Å². The molecule has 2 N–H and O–H groups in total. The maximum Gasteiger partial charge on any atom is 0.262 e. The summed E-state index contributed by atoms with van der Waals surface area (Å²) in [5.41, 5.74) is 1.74. The third kappa shape index (κ3) is 6.94. The van der Waals surface area contributed by atoms with Crippen molar-refractivity contribution in [2.45, 2.75) is 25.8 Å². The minimum atomic E-state index is -0.138. The molecule has 1 fully saturated rings. The van der Waals surface area contributed by atoms with Crippen molar-refractivity contribution < 1.29 is 4.79 Å². The van der Waals surface area contributed by atoms with Gasteiger partial charge in [-0.05, 0) is 68.0 Å². The second-order valence-corrected chi connectivity index (χ2v) is 10.4. The molecule has 186 valence electrons. The fraction of sp³-hybridized carbons (Fsp3) is 0.400. The van der Waals surface area contributed by atoms with Crippen LogP contribution in [0, 0.1) is 4.77 Å². The monoisotopic (exact) mass is 577 g/mol. The van der Waals surface area contributed by atoms with Gasteiger partial charge in [0.15, 0.2) is 4.77 Å². The number of nitrogens with zero attached hydrogens (tertiary/aromatic N) is 3. The Morgan fingerprint density at radius 1 is 1.09 bits per heavy atom. The summed E-state index contributed by atoms with van der Waals surface area (Å²) >= 11 is 14.9. The van der Waals surface area contributed by atoms with Crippen LogP contribution in [0.25, 0.3) is 10.9 Å². The van der Waals surface area contributed by atoms with Crippen molar-refractivity contribution in [3.05, 3.63) is 67.1 Å². The number of aromatic amines is 1. The summed E-state index contributed by atoms with van der Waals surface area (Å²) < 4.78 is 2.74. The number of amides is 1. The Morgan fingerprint density at radius 3 is 2.66 bits per heavy atom. The predicted octanol–water partition coefficient (Wildman–Crippen LogP) is 4.58. The number of hydrogen-bond acceptors (Lipinski definition) is 5. The number of H-pyrrole nitrogens is 1. The predicted molar refractivity (Wildman–Crippen MR) is 148 cm³/mol. The molecule has 1 aliphatic heterocycles. The van der Waals surface area contributed by atoms with E-state index in [0.717, 1.165) is 48.6 Å². The van der Waals surface area contributed by atoms with E-state index in [9.17, 15) is 9.59 Å². The van der Waals surface area contributed by atoms with Crippen molar-refractivity contribution in [2.75, 3.05) is 44.2 Å². The van der Waals surface area contributed by atoms with Crippen LogP contribution in [0.4, 0.5) is 5.69 Å². The molecule has 1 aromatic heterocycles. The molecule has 0 bridgehead atoms. The Hall–Kier alpha value is -2.20. The average Bonchev–Trinajstić information content (AvgIpc) is 2.85. The summed E-state index contributed by atoms with van der Waals surface area (Å²) in [7, 11) is 0. The van der Waals surface area contributed by atoms with Crippen molar-refractivity contribution in [3.63, 3.8) is 0 Å². The van der Waals surface area contributed by atoms with E-state index in [4.69, 9.17) is 23.8 Å². The summed E-state index contributed by atoms with van der Waals surface area (Å²) in [4.78, 5) is 32.9. The normalized spacial score (nSPS) is 14.4. The van der Waals surface area contributed by atoms with Crippen LogP contribution in [0.1, 0.15) is 19.3 Å². The number of nitrogens with one attached hydrogen (secondary N) is 2. The van der Waals surface area contributed by atoms with Gasteiger partial charge in [0.1, 0.15) is 0 Å². The zero-order chi connectivity index (χ0) is 24.8. The molecular formula is C25H29BrClN5O2S. The van der Waals surface area contributed by atoms with Crippen LogP contribution >= 0.6 is 39.7 Å². The fourth-order valence-corrected chi connectivity index (χ4v) is 5.17. The molecule has 35 heavy (non-hydrogen) atoms. The zero-order valence-electron chi connectivity index (χ0n) is 19.4. The van der Waals surface area contributed by atoms with Gasteiger partial charge < -0.3 is 15.2 Å². The first-order valence-electron chi connectivity index (χ1n) is 11.8. The maximum absolute atomic E-state index is 12.8. The van der Waals surface area contributed by atoms with Crippen LogP contribution in [0.15, 0.2) is 51.7 Å². The first-order chi connectivity index (χ1) is 16.9. The molecule has 4 rings (SSSR count). The van der Waals surface area contributed by atoms with Gasteiger partial charge in [-0.15, -0.1) is 0 Å². The molecule has 1 amide bonds. The number of carbonyl (C=O) groups excluding carboxylic acids is 1. The third-order valence-electron chi connectivity index (χ3n) is 6.25. The van der Waals surface area contributed by atoms with Gasteiger partial charge in [0, 0.05) is 60.9 Å². The van der Waals surface area contributed by atoms with E-state index in [0.29, 0.717) is 41.6 Å². The highest BCUT2D eigenvalue weighted by atomic mass is 79.9. The van der Waals surface area contributed by atoms with Crippen LogP contribution in [-0.4, -0.2) is 59.6 Å². The van der Waals surface area contributed by atoms with Gasteiger partial charge in [-0.2, -0.15) is 0 Å². The fourth-order valence-electron chi connectivity index (χ4n) is 4.34. The number of benzene rings is 2. The summed E-state index contributed by atoms with van der Waals surface area (Å²) in [5.74, 6) is 0.00209. The van der Waals surface area contributed by atoms with Crippen LogP contribution < -0.4 is 15.8 Å². The smallest absolute Gasteiger partial charge is 0.262 e. The van der Waals surface area contributed by atoms with E-state index < -0.39 is 0 Å². The number of anilines is 1. The lowest BCUT2D eigenvalue weighted by atomic mass is 10.2. The molecule has 0 spiro atoms. The molecule has 3 aromatic rings. The molecule has 0 radical (unpaired) electrons. The van der Waals surface area contributed by atoms with E-state index in [-0.39, 0.29) is 11.5 Å². The number of carbonyl (C=O) groups is 1. The zero-order valence-corrected chi connectivity index (χ0v) is 22.6. The standard InChI is InChI=1S/C25H29BrClN5O2S/c26-18-7-8-22-21(16-18)24(34)32(25(35)29-22)11-2-6-23(33)28-9-3-10-30-12-14-31(15-13-30)20-5-1-4-19(27)17-20/h1,4-5,7-8,16-17H,2-3,6,9-15H2,(H,28,33)(H,29,35). The third-order valence-corrected chi connectivity index (χ3v) is 7.30. The van der Waals surface area contributed by atoms with Gasteiger partial charge in [-0.25, -0.2) is 0 Å². The van der Waals surface area contributed by atoms with Gasteiger partial charge in [0.25, 0.3) is 5.56 Å². The lowest BCUT2D eigenvalue weighted by Gasteiger charge is -2.36. The highest BCUT2D eigenvalue weighted by molar-refractivity contribution is 9.10. The van der Waals surface area contributed by atoms with Crippen LogP contribution in [0.2, 0.25) is 5.02 Å². The topological polar surface area (TPSA) is 73.4 Å². The summed E-state index contributed by atoms with van der Waals surface area (Å²) in [6.45, 7) is 5.95. The Bertz CT molecular complexity index is 1300. The minimum Gasteiger partial charge on any atom is -0.369 e. The molecule has 1 saturated heterocycles. The number of piperazine rings is 1. The van der Waals surface area contributed by atoms with E-state index in [1.165, 1.54) is 10.3 Å². The molecule has 2 heterocycles. The molecule has 1 aliphatic rings. The van der Waals surface area contributed by atoms with Crippen molar-refractivity contribution in [1.29, 1.82) is 0 Å². The summed E-state index contributed by atoms with van der Waals surface area (Å²) in [6.07, 6.45) is 1.82. The molecule has 0 unspecified atom stereocenters. The van der Waals surface area contributed by atoms with Gasteiger partial charge >= 0.3 is 0 Å². The van der Waals surface area contributed by atoms with Crippen molar-refractivity contribution in [3.8, 4) is 0 Å². The van der Waals surface area contributed by atoms with Crippen molar-refractivity contribution in [2.24, 2.45) is 0 Å². The van der Waals surface area contributed by atoms with E-state index in [1.807, 2.05) is 30.3 Å². The van der Waals surface area contributed by atoms with Crippen LogP contribution in [-0.2, 0) is 11.3 Å². The SMILES string of the molecule is O=C(CCCn1c(=S)[nH]c2ccc(Br)cc2c1=O)NCCCN1CCN(c2cccc(Cl)c2)CC1. The molecule has 0 saturated carbocycles. The van der Waals surface area contributed by atoms with E-state index >= 15 is 0 Å². The van der Waals surface area contributed by atoms with Gasteiger partial charge in [0.2, 0.25) is 5.91 Å². The number of halogens is 2. The molecule has 0 atom stereocenters. The highest BCUT2D eigenvalue weighted by Crippen LogP contribution is 2.21. The van der Waals surface area contributed by atoms with Gasteiger partial charge in [0.05, 0.1) is 10.9 Å². The molecule has 7 nitrogen and oxygen atoms in total. The first kappa shape index (κ1) is 25.9. The number of aromatic nitrogens is 2. The average molecular weight is 579 g/mol. The molecular weight excluding hydrogens is 550 g/mol. The Labute approximate surface area is 223 Å². The number of rotatable bonds is 9. The Balaban J connectivity index is 1.15. The Morgan fingerprint density at radius 2 is 1.89 bits per heavy atom. The van der Waals surface area contributed by atoms with Crippen LogP contribution in [0.3, 0.4) is 0 Å². The van der Waals surface area contributed by atoms with Crippen molar-refractivity contribution in [1.82, 2.24) is 19.8 Å². The Kier molecular flexibility index (Phi) is 8.99. The lowest BCUT2D eigenvalue weighted by Crippen LogP contribution is -2.47. The highest BCUT2D eigenvalue weighted by Gasteiger charge is 2.17. The maximum atomic E-state index is 12.8. The number of fused-ring (bicyclic) bond motifs is 1. The summed E-state index contributed by atoms with van der Waals surface area (Å²) in [6, 6.07) is 13.5. The molecule has 10 heteroatoms. The van der Waals surface area contributed by atoms with Gasteiger partial charge in [-0.3, -0.25) is 19.1 Å². The molecule has 2 aromatic carbocycles. The summed E-state index contributed by atoms with van der Waals surface area (Å²) in [5, 5.41) is 4.34. The minimum absolute atomic E-state index is 0.00209. The quantitative estimate of drug-likeness (QED) is 0.287. The second kappa shape index (κ2) is 12.2. The first-order valence-corrected chi connectivity index (χ1v) is 13.4. The van der Waals surface area contributed by atoms with Crippen LogP contribution in [0.5, 0.6) is 0 Å². The number of hydrogen-bond donors (Lipinski definition) is 2. The van der Waals surface area contributed by atoms with E-state index in [2.05, 4.69) is 42.1 Å². The second-order valence-electron chi connectivity index (χ2n) is 8.69. The van der Waals surface area contributed by atoms with Gasteiger partial charge in [-0.1, -0.05) is 33.6 Å². The lowest BCUT2D eigenvalue weighted by molar-refractivity contribution is -0.121. The largest absolute Gasteiger partial charge is 0.369 e. The molecule has 0 aliphatic carbocycles.